The number of hydrogen-bond donors (Lipinski definition) is 4. The Morgan fingerprint density at radius 2 is 1.25 bits per heavy atom. The fourth-order valence-corrected chi connectivity index (χ4v) is 1.53. The second-order valence-electron chi connectivity index (χ2n) is 3.86. The Morgan fingerprint density at radius 1 is 0.812 bits per heavy atom. The summed E-state index contributed by atoms with van der Waals surface area (Å²) in [6.07, 6.45) is 1.83. The van der Waals surface area contributed by atoms with Crippen LogP contribution in [0.1, 0.15) is 11.1 Å². The van der Waals surface area contributed by atoms with Crippen LogP contribution in [-0.2, 0) is 12.8 Å². The van der Waals surface area contributed by atoms with E-state index in [1.165, 1.54) is 0 Å². The molecule has 1 rings (SSSR count). The molecule has 0 radical (unpaired) electrons. The van der Waals surface area contributed by atoms with Crippen LogP contribution in [-0.4, -0.2) is 34.3 Å². The Morgan fingerprint density at radius 3 is 1.62 bits per heavy atom. The van der Waals surface area contributed by atoms with Crippen LogP contribution in [0.15, 0.2) is 24.3 Å². The highest BCUT2D eigenvalue weighted by atomic mass is 16.4. The molecule has 0 spiro atoms. The molecule has 86 valence electrons. The lowest BCUT2D eigenvalue weighted by Crippen LogP contribution is -2.12. The fourth-order valence-electron chi connectivity index (χ4n) is 1.53. The third-order valence-corrected chi connectivity index (χ3v) is 2.37. The summed E-state index contributed by atoms with van der Waals surface area (Å²) in [5.41, 5.74) is 2.05. The van der Waals surface area contributed by atoms with Crippen molar-refractivity contribution in [2.45, 2.75) is 25.5 Å². The molecule has 0 bridgehead atoms. The molecule has 0 fully saturated rings. The molecule has 0 amide bonds. The van der Waals surface area contributed by atoms with E-state index < -0.39 is 14.2 Å². The number of benzene rings is 1. The summed E-state index contributed by atoms with van der Waals surface area (Å²) in [6.45, 7) is 0. The zero-order chi connectivity index (χ0) is 12.0. The monoisotopic (exact) mass is 222 g/mol. The van der Waals surface area contributed by atoms with Gasteiger partial charge in [-0.1, -0.05) is 24.3 Å². The minimum Gasteiger partial charge on any atom is -0.427 e. The molecule has 0 aromatic heterocycles. The first-order chi connectivity index (χ1) is 7.58. The van der Waals surface area contributed by atoms with Gasteiger partial charge in [-0.15, -0.1) is 0 Å². The maximum atomic E-state index is 8.75. The molecule has 4 nitrogen and oxygen atoms in total. The molecule has 4 N–H and O–H groups in total. The molecule has 1 aromatic carbocycles. The highest BCUT2D eigenvalue weighted by Gasteiger charge is 2.08. The Kier molecular flexibility index (Phi) is 5.55. The van der Waals surface area contributed by atoms with Crippen LogP contribution < -0.4 is 0 Å². The maximum Gasteiger partial charge on any atom is 0.451 e. The third kappa shape index (κ3) is 5.32. The van der Waals surface area contributed by atoms with Crippen molar-refractivity contribution < 1.29 is 20.1 Å². The summed E-state index contributed by atoms with van der Waals surface area (Å²) >= 11 is 0. The molecule has 0 saturated carbocycles. The van der Waals surface area contributed by atoms with Crippen LogP contribution in [0.4, 0.5) is 0 Å². The molecule has 0 aliphatic carbocycles. The predicted molar refractivity (Wildman–Crippen MR) is 63.8 cm³/mol. The van der Waals surface area contributed by atoms with E-state index >= 15 is 0 Å². The standard InChI is InChI=1S/C10H16B2O4/c13-11(14)6-4-9-2-1-3-10(8-9)5-7-12(15)16/h1-3,8,13-16H,4-7H2. The Hall–Kier alpha value is -0.810. The second kappa shape index (κ2) is 6.70. The lowest BCUT2D eigenvalue weighted by molar-refractivity contribution is 0.404. The summed E-state index contributed by atoms with van der Waals surface area (Å²) in [6, 6.07) is 7.67. The van der Waals surface area contributed by atoms with E-state index in [0.717, 1.165) is 11.1 Å². The first-order valence-corrected chi connectivity index (χ1v) is 5.38. The van der Waals surface area contributed by atoms with Gasteiger partial charge >= 0.3 is 14.2 Å². The maximum absolute atomic E-state index is 8.75. The van der Waals surface area contributed by atoms with Crippen molar-refractivity contribution in [2.24, 2.45) is 0 Å². The zero-order valence-corrected chi connectivity index (χ0v) is 9.08. The molecular formula is C10H16B2O4. The quantitative estimate of drug-likeness (QED) is 0.498. The van der Waals surface area contributed by atoms with E-state index in [2.05, 4.69) is 0 Å². The summed E-state index contributed by atoms with van der Waals surface area (Å²) < 4.78 is 0. The average Bonchev–Trinajstić information content (AvgIpc) is 2.24. The van der Waals surface area contributed by atoms with Crippen LogP contribution >= 0.6 is 0 Å². The van der Waals surface area contributed by atoms with Crippen molar-refractivity contribution >= 4 is 14.2 Å². The van der Waals surface area contributed by atoms with E-state index in [4.69, 9.17) is 20.1 Å². The van der Waals surface area contributed by atoms with Crippen molar-refractivity contribution in [1.29, 1.82) is 0 Å². The minimum absolute atomic E-state index is 0.312. The molecule has 0 atom stereocenters. The van der Waals surface area contributed by atoms with Crippen molar-refractivity contribution in [3.05, 3.63) is 35.4 Å². The summed E-state index contributed by atoms with van der Waals surface area (Å²) in [5.74, 6) is 0. The van der Waals surface area contributed by atoms with Gasteiger partial charge in [0.1, 0.15) is 0 Å². The average molecular weight is 222 g/mol. The molecule has 1 aromatic rings. The van der Waals surface area contributed by atoms with E-state index in [-0.39, 0.29) is 0 Å². The van der Waals surface area contributed by atoms with E-state index in [1.54, 1.807) is 0 Å². The van der Waals surface area contributed by atoms with Crippen molar-refractivity contribution in [3.63, 3.8) is 0 Å². The lowest BCUT2D eigenvalue weighted by atomic mass is 9.81. The highest BCUT2D eigenvalue weighted by Crippen LogP contribution is 2.10. The zero-order valence-electron chi connectivity index (χ0n) is 9.08. The topological polar surface area (TPSA) is 80.9 Å². The van der Waals surface area contributed by atoms with Gasteiger partial charge in [0.2, 0.25) is 0 Å². The normalized spacial score (nSPS) is 10.2. The summed E-state index contributed by atoms with van der Waals surface area (Å²) in [7, 11) is -2.55. The fraction of sp³-hybridized carbons (Fsp3) is 0.400. The first kappa shape index (κ1) is 13.3. The van der Waals surface area contributed by atoms with Gasteiger partial charge in [-0.25, -0.2) is 0 Å². The van der Waals surface area contributed by atoms with Crippen molar-refractivity contribution in [2.75, 3.05) is 0 Å². The molecule has 16 heavy (non-hydrogen) atoms. The Bertz CT molecular complexity index is 290. The van der Waals surface area contributed by atoms with Crippen LogP contribution in [0.25, 0.3) is 0 Å². The lowest BCUT2D eigenvalue weighted by Gasteiger charge is -2.05. The third-order valence-electron chi connectivity index (χ3n) is 2.37. The Labute approximate surface area is 95.9 Å². The van der Waals surface area contributed by atoms with Gasteiger partial charge in [0.05, 0.1) is 0 Å². The molecule has 0 saturated heterocycles. The van der Waals surface area contributed by atoms with Crippen LogP contribution in [0.2, 0.25) is 12.6 Å². The molecule has 0 heterocycles. The molecule has 0 unspecified atom stereocenters. The van der Waals surface area contributed by atoms with E-state index in [0.29, 0.717) is 25.5 Å². The molecule has 0 aliphatic rings. The number of hydrogen-bond acceptors (Lipinski definition) is 4. The van der Waals surface area contributed by atoms with Gasteiger partial charge in [0.15, 0.2) is 0 Å². The first-order valence-electron chi connectivity index (χ1n) is 5.38. The van der Waals surface area contributed by atoms with Crippen molar-refractivity contribution in [1.82, 2.24) is 0 Å². The van der Waals surface area contributed by atoms with Gasteiger partial charge in [0, 0.05) is 0 Å². The highest BCUT2D eigenvalue weighted by molar-refractivity contribution is 6.41. The minimum atomic E-state index is -1.28. The summed E-state index contributed by atoms with van der Waals surface area (Å²) in [4.78, 5) is 0. The molecule has 6 heteroatoms. The SMILES string of the molecule is OB(O)CCc1cccc(CCB(O)O)c1. The summed E-state index contributed by atoms with van der Waals surface area (Å²) in [5, 5.41) is 35.0. The van der Waals surface area contributed by atoms with Gasteiger partial charge in [-0.2, -0.15) is 0 Å². The molecule has 0 aliphatic heterocycles. The van der Waals surface area contributed by atoms with Crippen LogP contribution in [0.3, 0.4) is 0 Å². The van der Waals surface area contributed by atoms with E-state index in [9.17, 15) is 0 Å². The Balaban J connectivity index is 2.50. The number of rotatable bonds is 6. The number of aryl methyl sites for hydroxylation is 2. The van der Waals surface area contributed by atoms with Crippen molar-refractivity contribution in [3.8, 4) is 0 Å². The van der Waals surface area contributed by atoms with E-state index in [1.807, 2.05) is 24.3 Å². The second-order valence-corrected chi connectivity index (χ2v) is 3.86. The molecular weight excluding hydrogens is 206 g/mol. The van der Waals surface area contributed by atoms with Crippen LogP contribution in [0.5, 0.6) is 0 Å². The smallest absolute Gasteiger partial charge is 0.427 e. The van der Waals surface area contributed by atoms with Gasteiger partial charge in [-0.05, 0) is 36.6 Å². The largest absolute Gasteiger partial charge is 0.451 e. The van der Waals surface area contributed by atoms with Gasteiger partial charge in [0.25, 0.3) is 0 Å². The van der Waals surface area contributed by atoms with Gasteiger partial charge in [-0.3, -0.25) is 0 Å². The van der Waals surface area contributed by atoms with Crippen LogP contribution in [0, 0.1) is 0 Å². The predicted octanol–water partition coefficient (Wildman–Crippen LogP) is -0.283. The van der Waals surface area contributed by atoms with Gasteiger partial charge < -0.3 is 20.1 Å².